The lowest BCUT2D eigenvalue weighted by Gasteiger charge is -1.96. The molecule has 1 N–H and O–H groups in total. The lowest BCUT2D eigenvalue weighted by molar-refractivity contribution is 0.0697. The molecule has 0 aliphatic carbocycles. The maximum absolute atomic E-state index is 10.9. The number of oxazole rings is 1. The molecule has 1 aromatic heterocycles. The summed E-state index contributed by atoms with van der Waals surface area (Å²) in [5.74, 6) is -0.624. The minimum atomic E-state index is -1.00. The number of nitrogens with zero attached hydrogens (tertiary/aromatic N) is 1. The Morgan fingerprint density at radius 2 is 2.00 bits per heavy atom. The number of hydrogen-bond acceptors (Lipinski definition) is 3. The summed E-state index contributed by atoms with van der Waals surface area (Å²) in [4.78, 5) is 15.2. The Balaban J connectivity index is 2.17. The fourth-order valence-corrected chi connectivity index (χ4v) is 2.02. The van der Waals surface area contributed by atoms with Gasteiger partial charge in [-0.3, -0.25) is 0 Å². The molecule has 0 aliphatic rings. The third kappa shape index (κ3) is 2.06. The molecule has 0 saturated carbocycles. The first-order valence-corrected chi connectivity index (χ1v) is 5.92. The summed E-state index contributed by atoms with van der Waals surface area (Å²) in [6.45, 7) is 0. The molecule has 19 heavy (non-hydrogen) atoms. The Kier molecular flexibility index (Phi) is 2.72. The van der Waals surface area contributed by atoms with Gasteiger partial charge in [0.25, 0.3) is 0 Å². The summed E-state index contributed by atoms with van der Waals surface area (Å²) >= 11 is 6.07. The Labute approximate surface area is 113 Å². The average molecular weight is 274 g/mol. The predicted molar refractivity (Wildman–Crippen MR) is 71.4 cm³/mol. The number of carboxylic acids is 1. The van der Waals surface area contributed by atoms with E-state index in [4.69, 9.17) is 21.1 Å². The Hall–Kier alpha value is -2.33. The fraction of sp³-hybridized carbons (Fsp3) is 0. The summed E-state index contributed by atoms with van der Waals surface area (Å²) in [5, 5.41) is 9.46. The van der Waals surface area contributed by atoms with E-state index in [0.717, 1.165) is 0 Å². The molecule has 0 radical (unpaired) electrons. The van der Waals surface area contributed by atoms with E-state index < -0.39 is 5.97 Å². The lowest BCUT2D eigenvalue weighted by atomic mass is 10.2. The molecule has 3 aromatic rings. The van der Waals surface area contributed by atoms with E-state index in [9.17, 15) is 4.79 Å². The third-order valence-corrected chi connectivity index (χ3v) is 3.07. The summed E-state index contributed by atoms with van der Waals surface area (Å²) in [6, 6.07) is 11.7. The predicted octanol–water partition coefficient (Wildman–Crippen LogP) is 3.85. The van der Waals surface area contributed by atoms with Crippen LogP contribution in [0, 0.1) is 0 Å². The normalized spacial score (nSPS) is 10.8. The van der Waals surface area contributed by atoms with Crippen LogP contribution in [0.25, 0.3) is 22.6 Å². The van der Waals surface area contributed by atoms with Crippen molar-refractivity contribution in [1.29, 1.82) is 0 Å². The molecule has 0 atom stereocenters. The van der Waals surface area contributed by atoms with Crippen LogP contribution >= 0.6 is 11.6 Å². The Morgan fingerprint density at radius 3 is 2.74 bits per heavy atom. The van der Waals surface area contributed by atoms with Crippen LogP contribution in [0.2, 0.25) is 5.02 Å². The van der Waals surface area contributed by atoms with Crippen LogP contribution in [-0.2, 0) is 0 Å². The van der Waals surface area contributed by atoms with Gasteiger partial charge in [0, 0.05) is 0 Å². The van der Waals surface area contributed by atoms with Gasteiger partial charge in [-0.15, -0.1) is 0 Å². The molecular weight excluding hydrogens is 266 g/mol. The molecule has 1 heterocycles. The summed E-state index contributed by atoms with van der Waals surface area (Å²) in [6.07, 6.45) is 0. The van der Waals surface area contributed by atoms with Crippen LogP contribution < -0.4 is 0 Å². The quantitative estimate of drug-likeness (QED) is 0.770. The Bertz CT molecular complexity index is 779. The average Bonchev–Trinajstić information content (AvgIpc) is 2.81. The van der Waals surface area contributed by atoms with Crippen LogP contribution in [-0.4, -0.2) is 16.1 Å². The number of carboxylic acid groups (broad SMARTS) is 1. The van der Waals surface area contributed by atoms with Gasteiger partial charge in [-0.05, 0) is 30.3 Å². The number of aromatic nitrogens is 1. The van der Waals surface area contributed by atoms with Crippen molar-refractivity contribution < 1.29 is 14.3 Å². The molecule has 5 heteroatoms. The number of halogens is 1. The maximum atomic E-state index is 10.9. The van der Waals surface area contributed by atoms with Crippen LogP contribution in [0.5, 0.6) is 0 Å². The third-order valence-electron chi connectivity index (χ3n) is 2.74. The van der Waals surface area contributed by atoms with Crippen LogP contribution in [0.1, 0.15) is 10.4 Å². The van der Waals surface area contributed by atoms with Crippen molar-refractivity contribution in [2.75, 3.05) is 0 Å². The van der Waals surface area contributed by atoms with Gasteiger partial charge in [-0.25, -0.2) is 9.78 Å². The zero-order valence-electron chi connectivity index (χ0n) is 9.63. The summed E-state index contributed by atoms with van der Waals surface area (Å²) in [5.41, 5.74) is 1.86. The van der Waals surface area contributed by atoms with Gasteiger partial charge in [0.1, 0.15) is 5.52 Å². The van der Waals surface area contributed by atoms with Crippen molar-refractivity contribution in [3.8, 4) is 11.5 Å². The maximum Gasteiger partial charge on any atom is 0.335 e. The van der Waals surface area contributed by atoms with E-state index in [1.807, 2.05) is 12.1 Å². The van der Waals surface area contributed by atoms with Gasteiger partial charge >= 0.3 is 5.97 Å². The molecule has 0 bridgehead atoms. The first kappa shape index (κ1) is 11.7. The van der Waals surface area contributed by atoms with Gasteiger partial charge in [0.15, 0.2) is 5.58 Å². The van der Waals surface area contributed by atoms with Gasteiger partial charge < -0.3 is 9.52 Å². The largest absolute Gasteiger partial charge is 0.478 e. The number of carbonyl (C=O) groups is 1. The smallest absolute Gasteiger partial charge is 0.335 e. The molecular formula is C14H8ClNO3. The zero-order valence-corrected chi connectivity index (χ0v) is 10.4. The van der Waals surface area contributed by atoms with Crippen LogP contribution in [0.4, 0.5) is 0 Å². The molecule has 0 spiro atoms. The molecule has 0 saturated heterocycles. The molecule has 94 valence electrons. The molecule has 0 unspecified atom stereocenters. The first-order chi connectivity index (χ1) is 9.15. The molecule has 2 aromatic carbocycles. The second kappa shape index (κ2) is 4.40. The highest BCUT2D eigenvalue weighted by Gasteiger charge is 2.12. The molecule has 0 aliphatic heterocycles. The fourth-order valence-electron chi connectivity index (χ4n) is 1.81. The van der Waals surface area contributed by atoms with E-state index in [0.29, 0.717) is 27.6 Å². The SMILES string of the molecule is O=C(O)c1ccc2nc(-c3ccccc3Cl)oc2c1. The molecule has 3 rings (SSSR count). The highest BCUT2D eigenvalue weighted by atomic mass is 35.5. The molecule has 0 fully saturated rings. The van der Waals surface area contributed by atoms with Gasteiger partial charge in [0.05, 0.1) is 16.1 Å². The monoisotopic (exact) mass is 273 g/mol. The second-order valence-corrected chi connectivity index (χ2v) is 4.39. The highest BCUT2D eigenvalue weighted by molar-refractivity contribution is 6.33. The second-order valence-electron chi connectivity index (χ2n) is 3.99. The first-order valence-electron chi connectivity index (χ1n) is 5.54. The van der Waals surface area contributed by atoms with E-state index >= 15 is 0 Å². The Morgan fingerprint density at radius 1 is 1.21 bits per heavy atom. The topological polar surface area (TPSA) is 63.3 Å². The van der Waals surface area contributed by atoms with Gasteiger partial charge in [-0.2, -0.15) is 0 Å². The van der Waals surface area contributed by atoms with Crippen molar-refractivity contribution in [3.05, 3.63) is 53.1 Å². The summed E-state index contributed by atoms with van der Waals surface area (Å²) < 4.78 is 5.57. The minimum absolute atomic E-state index is 0.161. The van der Waals surface area contributed by atoms with Crippen LogP contribution in [0.3, 0.4) is 0 Å². The number of fused-ring (bicyclic) bond motifs is 1. The van der Waals surface area contributed by atoms with Crippen molar-refractivity contribution in [1.82, 2.24) is 4.98 Å². The highest BCUT2D eigenvalue weighted by Crippen LogP contribution is 2.29. The lowest BCUT2D eigenvalue weighted by Crippen LogP contribution is -1.94. The standard InChI is InChI=1S/C14H8ClNO3/c15-10-4-2-1-3-9(10)13-16-11-6-5-8(14(17)18)7-12(11)19-13/h1-7H,(H,17,18). The van der Waals surface area contributed by atoms with E-state index in [1.165, 1.54) is 12.1 Å². The number of rotatable bonds is 2. The van der Waals surface area contributed by atoms with Crippen molar-refractivity contribution in [2.45, 2.75) is 0 Å². The van der Waals surface area contributed by atoms with E-state index in [-0.39, 0.29) is 5.56 Å². The minimum Gasteiger partial charge on any atom is -0.478 e. The zero-order chi connectivity index (χ0) is 13.4. The van der Waals surface area contributed by atoms with E-state index in [1.54, 1.807) is 18.2 Å². The van der Waals surface area contributed by atoms with Crippen molar-refractivity contribution in [3.63, 3.8) is 0 Å². The molecule has 4 nitrogen and oxygen atoms in total. The van der Waals surface area contributed by atoms with Gasteiger partial charge in [-0.1, -0.05) is 23.7 Å². The van der Waals surface area contributed by atoms with Crippen LogP contribution in [0.15, 0.2) is 46.9 Å². The number of aromatic carboxylic acids is 1. The summed E-state index contributed by atoms with van der Waals surface area (Å²) in [7, 11) is 0. The number of benzene rings is 2. The van der Waals surface area contributed by atoms with Crippen molar-refractivity contribution >= 4 is 28.7 Å². The van der Waals surface area contributed by atoms with Gasteiger partial charge in [0.2, 0.25) is 5.89 Å². The number of hydrogen-bond donors (Lipinski definition) is 1. The molecule has 0 amide bonds. The van der Waals surface area contributed by atoms with Crippen molar-refractivity contribution in [2.24, 2.45) is 0 Å². The van der Waals surface area contributed by atoms with E-state index in [2.05, 4.69) is 4.98 Å².